The lowest BCUT2D eigenvalue weighted by molar-refractivity contribution is -0.131. The third kappa shape index (κ3) is 7.36. The van der Waals surface area contributed by atoms with Crippen molar-refractivity contribution < 1.29 is 23.9 Å². The van der Waals surface area contributed by atoms with Crippen LogP contribution in [-0.4, -0.2) is 65.9 Å². The normalized spacial score (nSPS) is 17.8. The maximum atomic E-state index is 14.1. The van der Waals surface area contributed by atoms with Gasteiger partial charge in [0, 0.05) is 38.4 Å². The zero-order valence-corrected chi connectivity index (χ0v) is 24.2. The van der Waals surface area contributed by atoms with Gasteiger partial charge >= 0.3 is 0 Å². The van der Waals surface area contributed by atoms with E-state index in [0.29, 0.717) is 48.2 Å². The smallest absolute Gasteiger partial charge is 0.270 e. The first-order valence-electron chi connectivity index (χ1n) is 14.4. The van der Waals surface area contributed by atoms with Crippen LogP contribution in [0.25, 0.3) is 10.9 Å². The fraction of sp³-hybridized carbons (Fsp3) is 0.344. The van der Waals surface area contributed by atoms with Crippen LogP contribution in [0.3, 0.4) is 0 Å². The summed E-state index contributed by atoms with van der Waals surface area (Å²) in [5.74, 6) is -0.329. The van der Waals surface area contributed by atoms with Crippen molar-refractivity contribution in [2.75, 3.05) is 33.4 Å². The van der Waals surface area contributed by atoms with Gasteiger partial charge in [-0.25, -0.2) is 0 Å². The fourth-order valence-corrected chi connectivity index (χ4v) is 5.38. The molecular formula is C32H36N6O5. The van der Waals surface area contributed by atoms with E-state index in [1.165, 1.54) is 0 Å². The van der Waals surface area contributed by atoms with Gasteiger partial charge in [-0.3, -0.25) is 24.0 Å². The molecule has 224 valence electrons. The standard InChI is InChI=1S/C32H36N6O5/c1-42-17-7-13-32(31(41)35-20-24-9-4-5-14-33-24)19-23-8-6-10-25(18-23)43-21-28(39)34-15-16-38-29(30(40)36-22-32)26-11-2-3-12-27(26)37-38/h2-6,8-12,14,18H,7,13,15-17,19-22H2,1H3,(H,34,39)(H,35,41)(H,36,40). The number of methoxy groups -OCH3 is 1. The number of carbonyl (C=O) groups is 3. The third-order valence-electron chi connectivity index (χ3n) is 7.55. The van der Waals surface area contributed by atoms with Crippen molar-refractivity contribution in [3.8, 4) is 5.75 Å². The molecule has 3 N–H and O–H groups in total. The highest BCUT2D eigenvalue weighted by Crippen LogP contribution is 2.31. The zero-order chi connectivity index (χ0) is 30.1. The SMILES string of the molecule is COCCCC1(C(=O)NCc2ccccn2)CNC(=O)c2c3ccccc3nn2CCNC(=O)COc2cccc(c2)C1. The summed E-state index contributed by atoms with van der Waals surface area (Å²) in [6.45, 7) is 1.15. The van der Waals surface area contributed by atoms with E-state index >= 15 is 0 Å². The van der Waals surface area contributed by atoms with E-state index in [1.807, 2.05) is 60.7 Å². The summed E-state index contributed by atoms with van der Waals surface area (Å²) in [5, 5.41) is 14.3. The second-order valence-electron chi connectivity index (χ2n) is 10.6. The molecule has 0 fully saturated rings. The number of aromatic nitrogens is 3. The third-order valence-corrected chi connectivity index (χ3v) is 7.55. The van der Waals surface area contributed by atoms with Gasteiger partial charge in [0.2, 0.25) is 5.91 Å². The largest absolute Gasteiger partial charge is 0.484 e. The van der Waals surface area contributed by atoms with Crippen molar-refractivity contribution in [1.82, 2.24) is 30.7 Å². The van der Waals surface area contributed by atoms with Crippen LogP contribution in [0.4, 0.5) is 0 Å². The average molecular weight is 585 g/mol. The number of benzene rings is 2. The molecule has 0 spiro atoms. The quantitative estimate of drug-likeness (QED) is 0.284. The number of fused-ring (bicyclic) bond motifs is 5. The van der Waals surface area contributed by atoms with Gasteiger partial charge in [0.1, 0.15) is 11.4 Å². The topological polar surface area (TPSA) is 136 Å². The van der Waals surface area contributed by atoms with E-state index < -0.39 is 5.41 Å². The van der Waals surface area contributed by atoms with Gasteiger partial charge in [-0.2, -0.15) is 5.10 Å². The lowest BCUT2D eigenvalue weighted by Gasteiger charge is -2.33. The minimum absolute atomic E-state index is 0.0743. The number of nitrogens with one attached hydrogen (secondary N) is 3. The summed E-state index contributed by atoms with van der Waals surface area (Å²) in [7, 11) is 1.62. The van der Waals surface area contributed by atoms with E-state index in [2.05, 4.69) is 26.0 Å². The highest BCUT2D eigenvalue weighted by Gasteiger charge is 2.39. The molecule has 11 nitrogen and oxygen atoms in total. The lowest BCUT2D eigenvalue weighted by Crippen LogP contribution is -2.50. The molecule has 5 rings (SSSR count). The van der Waals surface area contributed by atoms with Crippen molar-refractivity contribution in [2.45, 2.75) is 32.4 Å². The predicted octanol–water partition coefficient (Wildman–Crippen LogP) is 2.64. The summed E-state index contributed by atoms with van der Waals surface area (Å²) in [6, 6.07) is 20.3. The van der Waals surface area contributed by atoms with Crippen LogP contribution in [0.1, 0.15) is 34.6 Å². The summed E-state index contributed by atoms with van der Waals surface area (Å²) < 4.78 is 12.7. The Bertz CT molecular complexity index is 1570. The van der Waals surface area contributed by atoms with Gasteiger partial charge in [-0.05, 0) is 55.2 Å². The molecule has 3 amide bonds. The Balaban J connectivity index is 1.53. The van der Waals surface area contributed by atoms with Gasteiger partial charge in [-0.1, -0.05) is 36.4 Å². The highest BCUT2D eigenvalue weighted by molar-refractivity contribution is 6.05. The zero-order valence-electron chi connectivity index (χ0n) is 24.2. The van der Waals surface area contributed by atoms with Gasteiger partial charge in [0.15, 0.2) is 6.61 Å². The number of ether oxygens (including phenoxy) is 2. The molecule has 0 saturated heterocycles. The molecular weight excluding hydrogens is 548 g/mol. The van der Waals surface area contributed by atoms with Crippen molar-refractivity contribution in [3.63, 3.8) is 0 Å². The Labute approximate surface area is 250 Å². The average Bonchev–Trinajstić information content (AvgIpc) is 3.40. The molecule has 4 aromatic rings. The van der Waals surface area contributed by atoms with Crippen LogP contribution in [0.15, 0.2) is 72.9 Å². The molecule has 1 aliphatic rings. The number of nitrogens with zero attached hydrogens (tertiary/aromatic N) is 3. The maximum Gasteiger partial charge on any atom is 0.270 e. The van der Waals surface area contributed by atoms with Crippen molar-refractivity contribution >= 4 is 28.6 Å². The van der Waals surface area contributed by atoms with Crippen LogP contribution in [-0.2, 0) is 33.8 Å². The van der Waals surface area contributed by atoms with Crippen LogP contribution >= 0.6 is 0 Å². The Morgan fingerprint density at radius 1 is 1.09 bits per heavy atom. The maximum absolute atomic E-state index is 14.1. The van der Waals surface area contributed by atoms with Gasteiger partial charge in [0.05, 0.1) is 29.7 Å². The number of hydrogen-bond donors (Lipinski definition) is 3. The first-order chi connectivity index (χ1) is 21.0. The molecule has 43 heavy (non-hydrogen) atoms. The summed E-state index contributed by atoms with van der Waals surface area (Å²) in [5.41, 5.74) is 1.56. The minimum atomic E-state index is -1.03. The number of hydrogen-bond acceptors (Lipinski definition) is 7. The van der Waals surface area contributed by atoms with E-state index in [-0.39, 0.29) is 50.5 Å². The van der Waals surface area contributed by atoms with Crippen LogP contribution in [0, 0.1) is 5.41 Å². The molecule has 1 unspecified atom stereocenters. The fourth-order valence-electron chi connectivity index (χ4n) is 5.38. The van der Waals surface area contributed by atoms with E-state index in [1.54, 1.807) is 24.1 Å². The molecule has 3 heterocycles. The molecule has 0 aliphatic carbocycles. The van der Waals surface area contributed by atoms with Crippen molar-refractivity contribution in [3.05, 3.63) is 89.9 Å². The first-order valence-corrected chi connectivity index (χ1v) is 14.4. The number of carbonyl (C=O) groups excluding carboxylic acids is 3. The van der Waals surface area contributed by atoms with E-state index in [9.17, 15) is 14.4 Å². The molecule has 2 bridgehead atoms. The number of pyridine rings is 1. The molecule has 11 heteroatoms. The van der Waals surface area contributed by atoms with Crippen LogP contribution < -0.4 is 20.7 Å². The molecule has 2 aromatic carbocycles. The summed E-state index contributed by atoms with van der Waals surface area (Å²) in [6.07, 6.45) is 3.04. The molecule has 1 atom stereocenters. The second-order valence-corrected chi connectivity index (χ2v) is 10.6. The molecule has 1 aliphatic heterocycles. The number of rotatable bonds is 7. The summed E-state index contributed by atoms with van der Waals surface area (Å²) >= 11 is 0. The highest BCUT2D eigenvalue weighted by atomic mass is 16.5. The van der Waals surface area contributed by atoms with Gasteiger partial charge < -0.3 is 25.4 Å². The van der Waals surface area contributed by atoms with Gasteiger partial charge in [-0.15, -0.1) is 0 Å². The Morgan fingerprint density at radius 3 is 2.79 bits per heavy atom. The monoisotopic (exact) mass is 584 g/mol. The van der Waals surface area contributed by atoms with Gasteiger partial charge in [0.25, 0.3) is 11.8 Å². The predicted molar refractivity (Wildman–Crippen MR) is 160 cm³/mol. The number of amides is 3. The molecule has 2 aromatic heterocycles. The van der Waals surface area contributed by atoms with E-state index in [4.69, 9.17) is 9.47 Å². The summed E-state index contributed by atoms with van der Waals surface area (Å²) in [4.78, 5) is 44.9. The molecule has 0 radical (unpaired) electrons. The Hall–Kier alpha value is -4.77. The van der Waals surface area contributed by atoms with Crippen LogP contribution in [0.5, 0.6) is 5.75 Å². The van der Waals surface area contributed by atoms with E-state index in [0.717, 1.165) is 11.3 Å². The van der Waals surface area contributed by atoms with Crippen molar-refractivity contribution in [1.29, 1.82) is 0 Å². The van der Waals surface area contributed by atoms with Crippen molar-refractivity contribution in [2.24, 2.45) is 5.41 Å². The minimum Gasteiger partial charge on any atom is -0.484 e. The van der Waals surface area contributed by atoms with Crippen LogP contribution in [0.2, 0.25) is 0 Å². The Morgan fingerprint density at radius 2 is 1.95 bits per heavy atom. The second kappa shape index (κ2) is 13.9. The first kappa shape index (κ1) is 29.7. The molecule has 0 saturated carbocycles. The Kier molecular flexibility index (Phi) is 9.63. The lowest BCUT2D eigenvalue weighted by atomic mass is 9.76.